The van der Waals surface area contributed by atoms with Crippen molar-refractivity contribution in [3.63, 3.8) is 0 Å². The zero-order valence-corrected chi connectivity index (χ0v) is 9.39. The van der Waals surface area contributed by atoms with E-state index in [0.717, 1.165) is 5.50 Å². The highest BCUT2D eigenvalue weighted by molar-refractivity contribution is 7.41. The van der Waals surface area contributed by atoms with E-state index in [1.165, 1.54) is 0 Å². The molecule has 0 radical (unpaired) electrons. The molecule has 0 aliphatic rings. The standard InChI is InChI=1S/C9H17O2P/c1-9(2,3)7(10)6-8(11-4)12-5/h6,12H,1-5H3/b8-6+. The molecule has 0 spiro atoms. The fourth-order valence-corrected chi connectivity index (χ4v) is 1.05. The van der Waals surface area contributed by atoms with Gasteiger partial charge in [0.2, 0.25) is 0 Å². The second-order valence-electron chi connectivity index (χ2n) is 3.58. The van der Waals surface area contributed by atoms with Gasteiger partial charge in [0, 0.05) is 11.5 Å². The Hall–Kier alpha value is -0.360. The molecule has 0 bridgehead atoms. The zero-order chi connectivity index (χ0) is 9.78. The second-order valence-corrected chi connectivity index (χ2v) is 4.57. The first kappa shape index (κ1) is 11.6. The number of carbonyl (C=O) groups excluding carboxylic acids is 1. The number of ketones is 1. The van der Waals surface area contributed by atoms with Crippen LogP contribution in [-0.4, -0.2) is 19.6 Å². The van der Waals surface area contributed by atoms with Gasteiger partial charge in [-0.25, -0.2) is 0 Å². The maximum absolute atomic E-state index is 11.4. The van der Waals surface area contributed by atoms with Crippen LogP contribution in [0.15, 0.2) is 11.6 Å². The number of hydrogen-bond donors (Lipinski definition) is 0. The molecule has 0 aliphatic heterocycles. The van der Waals surface area contributed by atoms with Gasteiger partial charge in [-0.05, 0) is 6.66 Å². The molecule has 0 amide bonds. The monoisotopic (exact) mass is 188 g/mol. The summed E-state index contributed by atoms with van der Waals surface area (Å²) in [4.78, 5) is 11.4. The van der Waals surface area contributed by atoms with Crippen LogP contribution < -0.4 is 0 Å². The molecular weight excluding hydrogens is 171 g/mol. The minimum atomic E-state index is -0.302. The summed E-state index contributed by atoms with van der Waals surface area (Å²) in [6.45, 7) is 7.69. The van der Waals surface area contributed by atoms with E-state index in [2.05, 4.69) is 0 Å². The molecule has 0 aromatic heterocycles. The van der Waals surface area contributed by atoms with Crippen molar-refractivity contribution in [2.24, 2.45) is 5.41 Å². The van der Waals surface area contributed by atoms with Crippen LogP contribution in [0.2, 0.25) is 0 Å². The van der Waals surface area contributed by atoms with Crippen molar-refractivity contribution < 1.29 is 9.53 Å². The molecule has 0 heterocycles. The van der Waals surface area contributed by atoms with E-state index in [-0.39, 0.29) is 11.2 Å². The first-order valence-corrected chi connectivity index (χ1v) is 5.39. The largest absolute Gasteiger partial charge is 0.497 e. The van der Waals surface area contributed by atoms with Crippen molar-refractivity contribution in [3.05, 3.63) is 11.6 Å². The first-order chi connectivity index (χ1) is 5.41. The highest BCUT2D eigenvalue weighted by Crippen LogP contribution is 2.23. The number of rotatable bonds is 3. The van der Waals surface area contributed by atoms with Gasteiger partial charge in [0.05, 0.1) is 7.11 Å². The summed E-state index contributed by atoms with van der Waals surface area (Å²) in [7, 11) is 2.13. The lowest BCUT2D eigenvalue weighted by atomic mass is 9.91. The van der Waals surface area contributed by atoms with Crippen LogP contribution in [0.4, 0.5) is 0 Å². The quantitative estimate of drug-likeness (QED) is 0.386. The van der Waals surface area contributed by atoms with Gasteiger partial charge < -0.3 is 4.74 Å². The van der Waals surface area contributed by atoms with Gasteiger partial charge in [-0.15, -0.1) is 0 Å². The molecule has 0 rings (SSSR count). The predicted octanol–water partition coefficient (Wildman–Crippen LogP) is 2.40. The molecule has 0 aromatic rings. The van der Waals surface area contributed by atoms with Gasteiger partial charge in [0.25, 0.3) is 0 Å². The zero-order valence-electron chi connectivity index (χ0n) is 8.39. The molecule has 0 fully saturated rings. The van der Waals surface area contributed by atoms with Crippen molar-refractivity contribution in [3.8, 4) is 0 Å². The lowest BCUT2D eigenvalue weighted by Crippen LogP contribution is -2.17. The van der Waals surface area contributed by atoms with Gasteiger partial charge in [0.1, 0.15) is 5.50 Å². The summed E-state index contributed by atoms with van der Waals surface area (Å²) in [6, 6.07) is 0. The highest BCUT2D eigenvalue weighted by atomic mass is 31.1. The van der Waals surface area contributed by atoms with Crippen molar-refractivity contribution in [1.82, 2.24) is 0 Å². The Morgan fingerprint density at radius 3 is 2.17 bits per heavy atom. The second kappa shape index (κ2) is 4.61. The Bertz CT molecular complexity index is 183. The van der Waals surface area contributed by atoms with Crippen molar-refractivity contribution in [1.29, 1.82) is 0 Å². The normalized spacial score (nSPS) is 13.9. The molecule has 0 aliphatic carbocycles. The lowest BCUT2D eigenvalue weighted by molar-refractivity contribution is -0.121. The van der Waals surface area contributed by atoms with E-state index in [9.17, 15) is 4.79 Å². The minimum Gasteiger partial charge on any atom is -0.497 e. The van der Waals surface area contributed by atoms with E-state index in [1.807, 2.05) is 27.4 Å². The Morgan fingerprint density at radius 2 is 1.92 bits per heavy atom. The Kier molecular flexibility index (Phi) is 4.47. The Morgan fingerprint density at radius 1 is 1.42 bits per heavy atom. The lowest BCUT2D eigenvalue weighted by Gasteiger charge is -2.14. The smallest absolute Gasteiger partial charge is 0.164 e. The Balaban J connectivity index is 4.42. The van der Waals surface area contributed by atoms with Gasteiger partial charge >= 0.3 is 0 Å². The van der Waals surface area contributed by atoms with Crippen LogP contribution in [0.5, 0.6) is 0 Å². The van der Waals surface area contributed by atoms with Gasteiger partial charge in [-0.2, -0.15) is 0 Å². The van der Waals surface area contributed by atoms with Crippen molar-refractivity contribution in [2.45, 2.75) is 20.8 Å². The maximum Gasteiger partial charge on any atom is 0.164 e. The fourth-order valence-electron chi connectivity index (χ4n) is 0.569. The summed E-state index contributed by atoms with van der Waals surface area (Å²) in [5.41, 5.74) is 0.471. The molecule has 3 heteroatoms. The van der Waals surface area contributed by atoms with Crippen LogP contribution in [0.1, 0.15) is 20.8 Å². The minimum absolute atomic E-state index is 0.119. The predicted molar refractivity (Wildman–Crippen MR) is 53.8 cm³/mol. The van der Waals surface area contributed by atoms with E-state index < -0.39 is 0 Å². The maximum atomic E-state index is 11.4. The molecule has 1 atom stereocenters. The topological polar surface area (TPSA) is 26.3 Å². The number of allylic oxidation sites excluding steroid dienone is 1. The fraction of sp³-hybridized carbons (Fsp3) is 0.667. The van der Waals surface area contributed by atoms with E-state index >= 15 is 0 Å². The van der Waals surface area contributed by atoms with Crippen LogP contribution >= 0.6 is 8.58 Å². The molecule has 70 valence electrons. The average Bonchev–Trinajstić information content (AvgIpc) is 1.97. The summed E-state index contributed by atoms with van der Waals surface area (Å²) in [5, 5.41) is 0. The van der Waals surface area contributed by atoms with E-state index in [4.69, 9.17) is 4.74 Å². The van der Waals surface area contributed by atoms with Crippen LogP contribution in [0.25, 0.3) is 0 Å². The number of carbonyl (C=O) groups is 1. The summed E-state index contributed by atoms with van der Waals surface area (Å²) < 4.78 is 5.02. The molecule has 0 saturated heterocycles. The number of hydrogen-bond acceptors (Lipinski definition) is 2. The third-order valence-corrected chi connectivity index (χ3v) is 2.31. The van der Waals surface area contributed by atoms with E-state index in [1.54, 1.807) is 13.2 Å². The Labute approximate surface area is 76.2 Å². The summed E-state index contributed by atoms with van der Waals surface area (Å²) >= 11 is 0. The molecular formula is C9H17O2P. The first-order valence-electron chi connectivity index (χ1n) is 3.89. The highest BCUT2D eigenvalue weighted by Gasteiger charge is 2.19. The van der Waals surface area contributed by atoms with Crippen molar-refractivity contribution in [2.75, 3.05) is 13.8 Å². The molecule has 0 saturated carbocycles. The molecule has 0 N–H and O–H groups in total. The van der Waals surface area contributed by atoms with Crippen LogP contribution in [0, 0.1) is 5.41 Å². The van der Waals surface area contributed by atoms with Crippen LogP contribution in [0.3, 0.4) is 0 Å². The molecule has 12 heavy (non-hydrogen) atoms. The average molecular weight is 188 g/mol. The molecule has 1 unspecified atom stereocenters. The van der Waals surface area contributed by atoms with E-state index in [0.29, 0.717) is 8.58 Å². The summed E-state index contributed by atoms with van der Waals surface area (Å²) in [6.07, 6.45) is 1.60. The van der Waals surface area contributed by atoms with Crippen molar-refractivity contribution >= 4 is 14.4 Å². The third-order valence-electron chi connectivity index (χ3n) is 1.47. The molecule has 0 aromatic carbocycles. The third kappa shape index (κ3) is 3.87. The van der Waals surface area contributed by atoms with Gasteiger partial charge in [-0.1, -0.05) is 29.4 Å². The summed E-state index contributed by atoms with van der Waals surface area (Å²) in [5.74, 6) is 0.119. The van der Waals surface area contributed by atoms with Gasteiger partial charge in [-0.3, -0.25) is 4.79 Å². The number of methoxy groups -OCH3 is 1. The molecule has 2 nitrogen and oxygen atoms in total. The number of ether oxygens (including phenoxy) is 1. The van der Waals surface area contributed by atoms with Crippen LogP contribution in [-0.2, 0) is 9.53 Å². The van der Waals surface area contributed by atoms with Gasteiger partial charge in [0.15, 0.2) is 5.78 Å². The SMILES string of the molecule is CO/C(=C\C(=O)C(C)(C)C)PC.